The van der Waals surface area contributed by atoms with E-state index in [-0.39, 0.29) is 0 Å². The first-order valence-electron chi connectivity index (χ1n) is 8.60. The van der Waals surface area contributed by atoms with Crippen LogP contribution in [0.25, 0.3) is 0 Å². The molecule has 4 heteroatoms. The molecule has 132 valence electrons. The standard InChI is InChI=1S/C22H22N2O2/c1-18(26-22(25)23-20-13-7-3-8-14-20)24(21-15-9-4-10-16-21)17-19-11-5-2-6-12-19/h2-16,18H,17H2,1H3,(H,23,25). The van der Waals surface area contributed by atoms with E-state index in [1.54, 1.807) is 0 Å². The summed E-state index contributed by atoms with van der Waals surface area (Å²) in [5, 5.41) is 2.76. The molecule has 3 aromatic carbocycles. The second-order valence-corrected chi connectivity index (χ2v) is 5.94. The summed E-state index contributed by atoms with van der Waals surface area (Å²) in [7, 11) is 0. The van der Waals surface area contributed by atoms with Gasteiger partial charge in [-0.2, -0.15) is 0 Å². The molecule has 0 spiro atoms. The lowest BCUT2D eigenvalue weighted by Gasteiger charge is -2.31. The summed E-state index contributed by atoms with van der Waals surface area (Å²) in [4.78, 5) is 14.3. The van der Waals surface area contributed by atoms with Gasteiger partial charge in [-0.1, -0.05) is 66.7 Å². The van der Waals surface area contributed by atoms with Crippen molar-refractivity contribution in [2.24, 2.45) is 0 Å². The fourth-order valence-corrected chi connectivity index (χ4v) is 2.72. The van der Waals surface area contributed by atoms with E-state index in [1.165, 1.54) is 0 Å². The Morgan fingerprint density at radius 2 is 1.42 bits per heavy atom. The fourth-order valence-electron chi connectivity index (χ4n) is 2.72. The van der Waals surface area contributed by atoms with Gasteiger partial charge < -0.3 is 9.64 Å². The molecule has 4 nitrogen and oxygen atoms in total. The zero-order chi connectivity index (χ0) is 18.2. The largest absolute Gasteiger partial charge is 0.425 e. The minimum atomic E-state index is -0.474. The second kappa shape index (κ2) is 8.72. The third kappa shape index (κ3) is 4.86. The summed E-state index contributed by atoms with van der Waals surface area (Å²) in [5.41, 5.74) is 2.85. The van der Waals surface area contributed by atoms with E-state index in [4.69, 9.17) is 4.74 Å². The van der Waals surface area contributed by atoms with Crippen LogP contribution in [0.5, 0.6) is 0 Å². The highest BCUT2D eigenvalue weighted by atomic mass is 16.6. The maximum absolute atomic E-state index is 12.3. The van der Waals surface area contributed by atoms with Crippen LogP contribution in [0.1, 0.15) is 12.5 Å². The first-order chi connectivity index (χ1) is 12.7. The Morgan fingerprint density at radius 1 is 0.885 bits per heavy atom. The number of hydrogen-bond donors (Lipinski definition) is 1. The van der Waals surface area contributed by atoms with Gasteiger partial charge in [-0.05, 0) is 36.8 Å². The van der Waals surface area contributed by atoms with E-state index in [1.807, 2.05) is 85.8 Å². The van der Waals surface area contributed by atoms with Gasteiger partial charge >= 0.3 is 6.09 Å². The van der Waals surface area contributed by atoms with Crippen molar-refractivity contribution in [2.75, 3.05) is 10.2 Å². The summed E-state index contributed by atoms with van der Waals surface area (Å²) in [5.74, 6) is 0. The number of nitrogens with zero attached hydrogens (tertiary/aromatic N) is 1. The molecule has 26 heavy (non-hydrogen) atoms. The van der Waals surface area contributed by atoms with Crippen LogP contribution in [-0.4, -0.2) is 12.3 Å². The van der Waals surface area contributed by atoms with Crippen molar-refractivity contribution < 1.29 is 9.53 Å². The van der Waals surface area contributed by atoms with Crippen molar-refractivity contribution >= 4 is 17.5 Å². The number of benzene rings is 3. The normalized spacial score (nSPS) is 11.4. The molecule has 0 saturated heterocycles. The zero-order valence-electron chi connectivity index (χ0n) is 14.7. The zero-order valence-corrected chi connectivity index (χ0v) is 14.7. The molecule has 0 aromatic heterocycles. The van der Waals surface area contributed by atoms with Crippen LogP contribution in [-0.2, 0) is 11.3 Å². The highest BCUT2D eigenvalue weighted by Crippen LogP contribution is 2.21. The molecule has 0 aliphatic heterocycles. The summed E-state index contributed by atoms with van der Waals surface area (Å²) in [6.07, 6.45) is -0.904. The summed E-state index contributed by atoms with van der Waals surface area (Å²) in [6, 6.07) is 29.4. The first kappa shape index (κ1) is 17.5. The Hall–Kier alpha value is -3.27. The average molecular weight is 346 g/mol. The molecule has 1 unspecified atom stereocenters. The minimum Gasteiger partial charge on any atom is -0.425 e. The highest BCUT2D eigenvalue weighted by Gasteiger charge is 2.19. The van der Waals surface area contributed by atoms with Crippen LogP contribution >= 0.6 is 0 Å². The van der Waals surface area contributed by atoms with Crippen LogP contribution in [0.3, 0.4) is 0 Å². The van der Waals surface area contributed by atoms with E-state index in [2.05, 4.69) is 22.3 Å². The molecular weight excluding hydrogens is 324 g/mol. The van der Waals surface area contributed by atoms with E-state index in [9.17, 15) is 4.79 Å². The monoisotopic (exact) mass is 346 g/mol. The molecule has 3 rings (SSSR count). The Bertz CT molecular complexity index is 807. The van der Waals surface area contributed by atoms with Crippen molar-refractivity contribution in [3.05, 3.63) is 96.6 Å². The van der Waals surface area contributed by atoms with Crippen LogP contribution < -0.4 is 10.2 Å². The van der Waals surface area contributed by atoms with Crippen LogP contribution in [0.4, 0.5) is 16.2 Å². The van der Waals surface area contributed by atoms with Gasteiger partial charge in [-0.3, -0.25) is 5.32 Å². The average Bonchev–Trinajstić information content (AvgIpc) is 2.68. The number of anilines is 2. The Labute approximate surface area is 154 Å². The van der Waals surface area contributed by atoms with E-state index in [0.29, 0.717) is 12.2 Å². The molecule has 0 saturated carbocycles. The number of carbonyl (C=O) groups is 1. The minimum absolute atomic E-state index is 0.429. The number of ether oxygens (including phenoxy) is 1. The Balaban J connectivity index is 1.72. The Kier molecular flexibility index (Phi) is 5.88. The van der Waals surface area contributed by atoms with Crippen molar-refractivity contribution in [2.45, 2.75) is 19.7 Å². The van der Waals surface area contributed by atoms with Crippen LogP contribution in [0.2, 0.25) is 0 Å². The van der Waals surface area contributed by atoms with Crippen molar-refractivity contribution in [1.82, 2.24) is 0 Å². The maximum Gasteiger partial charge on any atom is 0.413 e. The van der Waals surface area contributed by atoms with Gasteiger partial charge in [0, 0.05) is 17.9 Å². The lowest BCUT2D eigenvalue weighted by molar-refractivity contribution is 0.117. The van der Waals surface area contributed by atoms with Gasteiger partial charge in [0.05, 0.1) is 0 Å². The molecule has 0 aliphatic rings. The molecule has 0 fully saturated rings. The van der Waals surface area contributed by atoms with Gasteiger partial charge in [-0.25, -0.2) is 4.79 Å². The second-order valence-electron chi connectivity index (χ2n) is 5.94. The smallest absolute Gasteiger partial charge is 0.413 e. The number of amides is 1. The van der Waals surface area contributed by atoms with E-state index < -0.39 is 12.3 Å². The summed E-state index contributed by atoms with van der Waals surface area (Å²) < 4.78 is 5.62. The van der Waals surface area contributed by atoms with Crippen LogP contribution in [0, 0.1) is 0 Å². The molecule has 3 aromatic rings. The SMILES string of the molecule is CC(OC(=O)Nc1ccccc1)N(Cc1ccccc1)c1ccccc1. The number of hydrogen-bond acceptors (Lipinski definition) is 3. The third-order valence-electron chi connectivity index (χ3n) is 4.02. The number of para-hydroxylation sites is 2. The first-order valence-corrected chi connectivity index (χ1v) is 8.60. The molecule has 0 aliphatic carbocycles. The predicted octanol–water partition coefficient (Wildman–Crippen LogP) is 5.29. The molecule has 1 amide bonds. The van der Waals surface area contributed by atoms with Crippen molar-refractivity contribution in [3.63, 3.8) is 0 Å². The molecule has 0 heterocycles. The van der Waals surface area contributed by atoms with Gasteiger partial charge in [0.2, 0.25) is 0 Å². The third-order valence-corrected chi connectivity index (χ3v) is 4.02. The predicted molar refractivity (Wildman–Crippen MR) is 105 cm³/mol. The summed E-state index contributed by atoms with van der Waals surface area (Å²) >= 11 is 0. The van der Waals surface area contributed by atoms with Gasteiger partial charge in [0.15, 0.2) is 6.23 Å². The Morgan fingerprint density at radius 3 is 2.04 bits per heavy atom. The number of rotatable bonds is 6. The van der Waals surface area contributed by atoms with E-state index >= 15 is 0 Å². The lowest BCUT2D eigenvalue weighted by Crippen LogP contribution is -2.37. The molecule has 0 bridgehead atoms. The molecule has 1 atom stereocenters. The van der Waals surface area contributed by atoms with E-state index in [0.717, 1.165) is 11.3 Å². The van der Waals surface area contributed by atoms with Gasteiger partial charge in [0.25, 0.3) is 0 Å². The topological polar surface area (TPSA) is 41.6 Å². The summed E-state index contributed by atoms with van der Waals surface area (Å²) in [6.45, 7) is 2.52. The number of nitrogens with one attached hydrogen (secondary N) is 1. The molecule has 1 N–H and O–H groups in total. The quantitative estimate of drug-likeness (QED) is 0.617. The van der Waals surface area contributed by atoms with Crippen LogP contribution in [0.15, 0.2) is 91.0 Å². The highest BCUT2D eigenvalue weighted by molar-refractivity contribution is 5.84. The number of carbonyl (C=O) groups excluding carboxylic acids is 1. The van der Waals surface area contributed by atoms with Gasteiger partial charge in [-0.15, -0.1) is 0 Å². The molecule has 0 radical (unpaired) electrons. The lowest BCUT2D eigenvalue weighted by atomic mass is 10.2. The molecular formula is C22H22N2O2. The maximum atomic E-state index is 12.3. The van der Waals surface area contributed by atoms with Crippen molar-refractivity contribution in [3.8, 4) is 0 Å². The fraction of sp³-hybridized carbons (Fsp3) is 0.136. The van der Waals surface area contributed by atoms with Crippen molar-refractivity contribution in [1.29, 1.82) is 0 Å². The van der Waals surface area contributed by atoms with Gasteiger partial charge in [0.1, 0.15) is 0 Å².